The summed E-state index contributed by atoms with van der Waals surface area (Å²) in [5, 5.41) is 17.9. The first-order valence-electron chi connectivity index (χ1n) is 18.4. The molecule has 1 heterocycles. The SMILES string of the molecule is COc1cc2c(c(OC)c1OC)CC(C(=O)N[C@@H](CO[Si](C)(C)C(C)(C)C)C(=O)NC(CC(C)C)[C@H](O)[C@@]1(CO[Si](C)(C)C(C)(C)C)CO1)CC2. The van der Waals surface area contributed by atoms with Gasteiger partial charge in [0.2, 0.25) is 17.6 Å². The van der Waals surface area contributed by atoms with Crippen molar-refractivity contribution in [3.8, 4) is 17.2 Å². The number of carbonyl (C=O) groups is 2. The smallest absolute Gasteiger partial charge is 0.245 e. The molecule has 1 aromatic rings. The van der Waals surface area contributed by atoms with Crippen molar-refractivity contribution < 1.29 is 42.5 Å². The van der Waals surface area contributed by atoms with E-state index in [9.17, 15) is 14.7 Å². The predicted octanol–water partition coefficient (Wildman–Crippen LogP) is 6.01. The Balaban J connectivity index is 1.86. The maximum absolute atomic E-state index is 14.3. The van der Waals surface area contributed by atoms with Gasteiger partial charge in [0.25, 0.3) is 0 Å². The monoisotopic (exact) mass is 752 g/mol. The Labute approximate surface area is 309 Å². The molecular formula is C38H68N2O9Si2. The van der Waals surface area contributed by atoms with E-state index in [2.05, 4.69) is 92.2 Å². The van der Waals surface area contributed by atoms with Gasteiger partial charge in [-0.15, -0.1) is 0 Å². The standard InChI is InChI=1S/C38H68N2O9Si2/c1-24(2)18-28(33(41)38(22-47-38)23-49-51(14,15)37(6,7)8)39-35(43)29(21-48-50(12,13)36(3,4)5)40-34(42)26-17-16-25-20-30(44-9)32(46-11)31(45-10)27(25)19-26/h20,24,26,28-29,33,41H,16-19,21-23H2,1-15H3,(H,39,43)(H,40,42)/t26?,28?,29-,33-,38-/m0/s1. The van der Waals surface area contributed by atoms with Gasteiger partial charge in [-0.05, 0) is 79.5 Å². The van der Waals surface area contributed by atoms with Crippen LogP contribution < -0.4 is 24.8 Å². The Morgan fingerprint density at radius 1 is 0.941 bits per heavy atom. The second kappa shape index (κ2) is 16.5. The lowest BCUT2D eigenvalue weighted by molar-refractivity contribution is -0.133. The van der Waals surface area contributed by atoms with Gasteiger partial charge in [0.05, 0.1) is 47.2 Å². The maximum atomic E-state index is 14.3. The topological polar surface area (TPSA) is 137 Å². The Bertz CT molecular complexity index is 1370. The fourth-order valence-corrected chi connectivity index (χ4v) is 8.03. The van der Waals surface area contributed by atoms with Gasteiger partial charge in [-0.25, -0.2) is 0 Å². The Morgan fingerprint density at radius 3 is 2.00 bits per heavy atom. The zero-order chi connectivity index (χ0) is 38.7. The number of carbonyl (C=O) groups excluding carboxylic acids is 2. The number of hydrogen-bond donors (Lipinski definition) is 3. The van der Waals surface area contributed by atoms with Crippen molar-refractivity contribution >= 4 is 28.4 Å². The second-order valence-corrected chi connectivity index (χ2v) is 27.6. The lowest BCUT2D eigenvalue weighted by Crippen LogP contribution is -2.59. The molecule has 0 saturated carbocycles. The molecule has 1 aromatic carbocycles. The molecule has 1 aliphatic heterocycles. The van der Waals surface area contributed by atoms with Crippen molar-refractivity contribution in [1.82, 2.24) is 10.6 Å². The van der Waals surface area contributed by atoms with E-state index in [1.807, 2.05) is 6.07 Å². The summed E-state index contributed by atoms with van der Waals surface area (Å²) < 4.78 is 35.8. The summed E-state index contributed by atoms with van der Waals surface area (Å²) in [6.45, 7) is 26.3. The first-order valence-corrected chi connectivity index (χ1v) is 24.3. The molecule has 0 aromatic heterocycles. The van der Waals surface area contributed by atoms with Crippen molar-refractivity contribution in [2.24, 2.45) is 11.8 Å². The number of aryl methyl sites for hydroxylation is 1. The number of amides is 2. The minimum Gasteiger partial charge on any atom is -0.493 e. The molecule has 2 amide bonds. The maximum Gasteiger partial charge on any atom is 0.245 e. The van der Waals surface area contributed by atoms with E-state index in [0.29, 0.717) is 49.5 Å². The van der Waals surface area contributed by atoms with Crippen LogP contribution in [0.2, 0.25) is 36.3 Å². The molecule has 292 valence electrons. The van der Waals surface area contributed by atoms with Crippen molar-refractivity contribution in [2.45, 2.75) is 141 Å². The van der Waals surface area contributed by atoms with E-state index in [-0.39, 0.29) is 35.1 Å². The van der Waals surface area contributed by atoms with E-state index >= 15 is 0 Å². The molecule has 1 saturated heterocycles. The van der Waals surface area contributed by atoms with Crippen LogP contribution >= 0.6 is 0 Å². The summed E-state index contributed by atoms with van der Waals surface area (Å²) in [5.41, 5.74) is 1.05. The molecule has 1 aliphatic carbocycles. The fourth-order valence-electron chi connectivity index (χ4n) is 5.97. The second-order valence-electron chi connectivity index (χ2n) is 17.9. The van der Waals surface area contributed by atoms with Crippen LogP contribution in [0.4, 0.5) is 0 Å². The summed E-state index contributed by atoms with van der Waals surface area (Å²) >= 11 is 0. The highest BCUT2D eigenvalue weighted by molar-refractivity contribution is 6.74. The molecule has 2 unspecified atom stereocenters. The van der Waals surface area contributed by atoms with E-state index in [0.717, 1.165) is 11.1 Å². The van der Waals surface area contributed by atoms with E-state index in [1.165, 1.54) is 0 Å². The fraction of sp³-hybridized carbons (Fsp3) is 0.789. The third-order valence-electron chi connectivity index (χ3n) is 11.6. The summed E-state index contributed by atoms with van der Waals surface area (Å²) in [7, 11) is 0.327. The number of epoxide rings is 1. The first-order chi connectivity index (χ1) is 23.4. The third-order valence-corrected chi connectivity index (χ3v) is 20.6. The quantitative estimate of drug-likeness (QED) is 0.129. The highest BCUT2D eigenvalue weighted by Crippen LogP contribution is 2.46. The van der Waals surface area contributed by atoms with Crippen LogP contribution in [0.1, 0.15) is 79.4 Å². The summed E-state index contributed by atoms with van der Waals surface area (Å²) in [5.74, 6) is 0.765. The molecular weight excluding hydrogens is 685 g/mol. The first kappa shape index (κ1) is 43.2. The Morgan fingerprint density at radius 2 is 1.51 bits per heavy atom. The summed E-state index contributed by atoms with van der Waals surface area (Å²) in [6.07, 6.45) is 1.18. The molecule has 13 heteroatoms. The van der Waals surface area contributed by atoms with Gasteiger partial charge in [0, 0.05) is 11.5 Å². The van der Waals surface area contributed by atoms with Crippen molar-refractivity contribution in [3.63, 3.8) is 0 Å². The van der Waals surface area contributed by atoms with Gasteiger partial charge in [-0.3, -0.25) is 9.59 Å². The van der Waals surface area contributed by atoms with Gasteiger partial charge in [0.1, 0.15) is 17.7 Å². The predicted molar refractivity (Wildman–Crippen MR) is 206 cm³/mol. The van der Waals surface area contributed by atoms with E-state index in [4.69, 9.17) is 27.8 Å². The number of benzene rings is 1. The van der Waals surface area contributed by atoms with Crippen LogP contribution in [0.15, 0.2) is 6.07 Å². The molecule has 2 aliphatic rings. The molecule has 0 spiro atoms. The summed E-state index contributed by atoms with van der Waals surface area (Å²) in [6, 6.07) is 0.354. The van der Waals surface area contributed by atoms with Crippen LogP contribution in [-0.2, 0) is 36.0 Å². The number of aliphatic hydroxyl groups is 1. The van der Waals surface area contributed by atoms with E-state index in [1.54, 1.807) is 21.3 Å². The molecule has 11 nitrogen and oxygen atoms in total. The normalized spacial score (nSPS) is 21.3. The van der Waals surface area contributed by atoms with Gasteiger partial charge in [-0.2, -0.15) is 0 Å². The zero-order valence-corrected chi connectivity index (χ0v) is 36.1. The minimum atomic E-state index is -2.29. The molecule has 51 heavy (non-hydrogen) atoms. The highest BCUT2D eigenvalue weighted by atomic mass is 28.4. The molecule has 1 fully saturated rings. The lowest BCUT2D eigenvalue weighted by atomic mass is 9.82. The van der Waals surface area contributed by atoms with Gasteiger partial charge < -0.3 is 43.5 Å². The number of fused-ring (bicyclic) bond motifs is 1. The highest BCUT2D eigenvalue weighted by Gasteiger charge is 2.56. The Hall–Kier alpha value is -2.17. The largest absolute Gasteiger partial charge is 0.493 e. The van der Waals surface area contributed by atoms with Gasteiger partial charge >= 0.3 is 0 Å². The molecule has 0 radical (unpaired) electrons. The average Bonchev–Trinajstić information content (AvgIpc) is 3.83. The summed E-state index contributed by atoms with van der Waals surface area (Å²) in [4.78, 5) is 28.3. The number of hydrogen-bond acceptors (Lipinski definition) is 9. The van der Waals surface area contributed by atoms with Crippen LogP contribution in [0, 0.1) is 11.8 Å². The molecule has 3 N–H and O–H groups in total. The number of aliphatic hydroxyl groups excluding tert-OH is 1. The Kier molecular flexibility index (Phi) is 14.0. The molecule has 0 bridgehead atoms. The molecule has 3 rings (SSSR count). The van der Waals surface area contributed by atoms with Crippen LogP contribution in [0.25, 0.3) is 0 Å². The average molecular weight is 753 g/mol. The van der Waals surface area contributed by atoms with Crippen molar-refractivity contribution in [2.75, 3.05) is 41.2 Å². The van der Waals surface area contributed by atoms with E-state index < -0.39 is 52.2 Å². The molecule has 5 atom stereocenters. The zero-order valence-electron chi connectivity index (χ0n) is 34.1. The third kappa shape index (κ3) is 10.3. The van der Waals surface area contributed by atoms with Gasteiger partial charge in [-0.1, -0.05) is 55.4 Å². The van der Waals surface area contributed by atoms with Crippen LogP contribution in [0.3, 0.4) is 0 Å². The van der Waals surface area contributed by atoms with Crippen LogP contribution in [0.5, 0.6) is 17.2 Å². The number of rotatable bonds is 17. The van der Waals surface area contributed by atoms with Crippen molar-refractivity contribution in [3.05, 3.63) is 17.2 Å². The number of nitrogens with one attached hydrogen (secondary N) is 2. The number of methoxy groups -OCH3 is 3. The van der Waals surface area contributed by atoms with Crippen molar-refractivity contribution in [1.29, 1.82) is 0 Å². The lowest BCUT2D eigenvalue weighted by Gasteiger charge is -2.39. The number of ether oxygens (including phenoxy) is 4. The van der Waals surface area contributed by atoms with Crippen LogP contribution in [-0.4, -0.2) is 98.5 Å². The van der Waals surface area contributed by atoms with Gasteiger partial charge in [0.15, 0.2) is 28.1 Å². The minimum absolute atomic E-state index is 0.000365.